The van der Waals surface area contributed by atoms with Crippen LogP contribution in [-0.2, 0) is 0 Å². The van der Waals surface area contributed by atoms with E-state index in [4.69, 9.17) is 5.11 Å². The molecule has 3 heteroatoms. The Bertz CT molecular complexity index is 504. The van der Waals surface area contributed by atoms with Crippen molar-refractivity contribution >= 4 is 16.7 Å². The quantitative estimate of drug-likeness (QED) is 0.772. The molecule has 3 nitrogen and oxygen atoms in total. The van der Waals surface area contributed by atoms with Gasteiger partial charge in [-0.25, -0.2) is 4.79 Å². The van der Waals surface area contributed by atoms with Gasteiger partial charge in [-0.15, -0.1) is 0 Å². The van der Waals surface area contributed by atoms with Crippen molar-refractivity contribution < 1.29 is 15.0 Å². The van der Waals surface area contributed by atoms with Gasteiger partial charge in [0.15, 0.2) is 0 Å². The number of hydrogen-bond acceptors (Lipinski definition) is 2. The summed E-state index contributed by atoms with van der Waals surface area (Å²) in [6.45, 7) is 4.00. The fraction of sp³-hybridized carbons (Fsp3) is 0.154. The Morgan fingerprint density at radius 3 is 2.38 bits per heavy atom. The number of benzene rings is 2. The zero-order valence-corrected chi connectivity index (χ0v) is 9.27. The van der Waals surface area contributed by atoms with Gasteiger partial charge in [0.1, 0.15) is 5.75 Å². The molecule has 84 valence electrons. The third kappa shape index (κ3) is 2.31. The highest BCUT2D eigenvalue weighted by atomic mass is 16.4. The first-order valence-electron chi connectivity index (χ1n) is 5.13. The van der Waals surface area contributed by atoms with E-state index in [-0.39, 0.29) is 11.3 Å². The van der Waals surface area contributed by atoms with Crippen LogP contribution in [-0.4, -0.2) is 16.2 Å². The van der Waals surface area contributed by atoms with Crippen molar-refractivity contribution in [3.8, 4) is 5.75 Å². The summed E-state index contributed by atoms with van der Waals surface area (Å²) in [4.78, 5) is 10.7. The normalized spacial score (nSPS) is 9.38. The molecule has 2 rings (SSSR count). The number of carbonyl (C=O) groups is 1. The van der Waals surface area contributed by atoms with Gasteiger partial charge in [-0.1, -0.05) is 38.1 Å². The molecular formula is C13H14O3. The predicted octanol–water partition coefficient (Wildman–Crippen LogP) is 3.27. The Kier molecular flexibility index (Phi) is 3.89. The van der Waals surface area contributed by atoms with Crippen molar-refractivity contribution in [1.29, 1.82) is 0 Å². The van der Waals surface area contributed by atoms with Crippen LogP contribution in [0.5, 0.6) is 5.75 Å². The highest BCUT2D eigenvalue weighted by Gasteiger charge is 2.07. The monoisotopic (exact) mass is 218 g/mol. The molecule has 2 N–H and O–H groups in total. The van der Waals surface area contributed by atoms with Crippen LogP contribution in [0.1, 0.15) is 24.2 Å². The number of carboxylic acid groups (broad SMARTS) is 1. The number of phenols is 1. The van der Waals surface area contributed by atoms with Crippen LogP contribution in [0, 0.1) is 0 Å². The Morgan fingerprint density at radius 2 is 1.75 bits per heavy atom. The molecule has 0 saturated carbocycles. The van der Waals surface area contributed by atoms with Crippen LogP contribution in [0.2, 0.25) is 0 Å². The van der Waals surface area contributed by atoms with Gasteiger partial charge >= 0.3 is 5.97 Å². The van der Waals surface area contributed by atoms with Gasteiger partial charge in [0.05, 0.1) is 5.56 Å². The Balaban J connectivity index is 0.000000606. The molecule has 0 bridgehead atoms. The number of aromatic carboxylic acids is 1. The van der Waals surface area contributed by atoms with Gasteiger partial charge in [-0.2, -0.15) is 0 Å². The maximum absolute atomic E-state index is 10.7. The van der Waals surface area contributed by atoms with Crippen molar-refractivity contribution in [1.82, 2.24) is 0 Å². The van der Waals surface area contributed by atoms with Crippen molar-refractivity contribution in [3.63, 3.8) is 0 Å². The lowest BCUT2D eigenvalue weighted by Crippen LogP contribution is -1.95. The number of aromatic hydroxyl groups is 1. The van der Waals surface area contributed by atoms with E-state index in [9.17, 15) is 9.90 Å². The highest BCUT2D eigenvalue weighted by molar-refractivity contribution is 5.97. The molecule has 0 aliphatic heterocycles. The Morgan fingerprint density at radius 1 is 1.12 bits per heavy atom. The summed E-state index contributed by atoms with van der Waals surface area (Å²) < 4.78 is 0. The molecule has 0 amide bonds. The molecule has 0 unspecified atom stereocenters. The molecule has 0 fully saturated rings. The van der Waals surface area contributed by atoms with Gasteiger partial charge in [-0.3, -0.25) is 0 Å². The summed E-state index contributed by atoms with van der Waals surface area (Å²) >= 11 is 0. The number of fused-ring (bicyclic) bond motifs is 1. The third-order valence-corrected chi connectivity index (χ3v) is 2.09. The first-order valence-corrected chi connectivity index (χ1v) is 5.13. The Hall–Kier alpha value is -2.03. The summed E-state index contributed by atoms with van der Waals surface area (Å²) in [6.07, 6.45) is 0. The van der Waals surface area contributed by atoms with Crippen molar-refractivity contribution in [2.75, 3.05) is 0 Å². The van der Waals surface area contributed by atoms with Gasteiger partial charge < -0.3 is 10.2 Å². The molecule has 0 aliphatic rings. The molecule has 0 radical (unpaired) electrons. The van der Waals surface area contributed by atoms with Crippen LogP contribution in [0.3, 0.4) is 0 Å². The number of hydrogen-bond donors (Lipinski definition) is 2. The smallest absolute Gasteiger partial charge is 0.335 e. The molecule has 0 saturated heterocycles. The number of phenolic OH excluding ortho intramolecular Hbond substituents is 1. The molecule has 0 spiro atoms. The van der Waals surface area contributed by atoms with Gasteiger partial charge in [0.2, 0.25) is 0 Å². The van der Waals surface area contributed by atoms with Crippen LogP contribution < -0.4 is 0 Å². The molecular weight excluding hydrogens is 204 g/mol. The lowest BCUT2D eigenvalue weighted by Gasteiger charge is -2.02. The molecule has 0 heterocycles. The molecule has 0 atom stereocenters. The van der Waals surface area contributed by atoms with Gasteiger partial charge in [0.25, 0.3) is 0 Å². The summed E-state index contributed by atoms with van der Waals surface area (Å²) in [5.74, 6) is -1.04. The van der Waals surface area contributed by atoms with E-state index in [1.807, 2.05) is 13.8 Å². The zero-order valence-electron chi connectivity index (χ0n) is 9.27. The summed E-state index contributed by atoms with van der Waals surface area (Å²) in [5.41, 5.74) is 0.0983. The molecule has 2 aromatic rings. The van der Waals surface area contributed by atoms with Crippen LogP contribution in [0.25, 0.3) is 10.8 Å². The van der Waals surface area contributed by atoms with E-state index in [0.29, 0.717) is 5.39 Å². The largest absolute Gasteiger partial charge is 0.507 e. The lowest BCUT2D eigenvalue weighted by atomic mass is 10.1. The van der Waals surface area contributed by atoms with E-state index in [1.165, 1.54) is 12.1 Å². The second-order valence-electron chi connectivity index (χ2n) is 3.02. The second kappa shape index (κ2) is 5.16. The number of rotatable bonds is 1. The first-order chi connectivity index (χ1) is 7.68. The minimum absolute atomic E-state index is 0.000463. The maximum atomic E-state index is 10.7. The number of carboxylic acids is 1. The van der Waals surface area contributed by atoms with Gasteiger partial charge in [0, 0.05) is 5.39 Å². The van der Waals surface area contributed by atoms with E-state index in [1.54, 1.807) is 24.3 Å². The molecule has 0 aromatic heterocycles. The van der Waals surface area contributed by atoms with Gasteiger partial charge in [-0.05, 0) is 17.5 Å². The van der Waals surface area contributed by atoms with Crippen LogP contribution in [0.4, 0.5) is 0 Å². The van der Waals surface area contributed by atoms with E-state index in [0.717, 1.165) is 5.39 Å². The van der Waals surface area contributed by atoms with Crippen molar-refractivity contribution in [2.24, 2.45) is 0 Å². The zero-order chi connectivity index (χ0) is 12.1. The third-order valence-electron chi connectivity index (χ3n) is 2.09. The fourth-order valence-corrected chi connectivity index (χ4v) is 1.41. The predicted molar refractivity (Wildman–Crippen MR) is 63.9 cm³/mol. The average molecular weight is 218 g/mol. The first kappa shape index (κ1) is 12.0. The highest BCUT2D eigenvalue weighted by Crippen LogP contribution is 2.26. The summed E-state index contributed by atoms with van der Waals surface area (Å²) in [6, 6.07) is 9.90. The summed E-state index contributed by atoms with van der Waals surface area (Å²) in [5, 5.41) is 19.7. The fourth-order valence-electron chi connectivity index (χ4n) is 1.41. The topological polar surface area (TPSA) is 57.5 Å². The molecule has 2 aromatic carbocycles. The maximum Gasteiger partial charge on any atom is 0.335 e. The van der Waals surface area contributed by atoms with E-state index >= 15 is 0 Å². The van der Waals surface area contributed by atoms with Crippen LogP contribution >= 0.6 is 0 Å². The van der Waals surface area contributed by atoms with E-state index in [2.05, 4.69) is 0 Å². The lowest BCUT2D eigenvalue weighted by molar-refractivity contribution is 0.0696. The molecule has 0 aliphatic carbocycles. The SMILES string of the molecule is CC.O=C(O)c1cc(O)c2ccccc2c1. The minimum Gasteiger partial charge on any atom is -0.507 e. The molecule has 16 heavy (non-hydrogen) atoms. The second-order valence-corrected chi connectivity index (χ2v) is 3.02. The van der Waals surface area contributed by atoms with Crippen LogP contribution in [0.15, 0.2) is 36.4 Å². The minimum atomic E-state index is -1.04. The standard InChI is InChI=1S/C11H8O3.C2H6/c12-10-6-8(11(13)14)5-7-3-1-2-4-9(7)10;1-2/h1-6,12H,(H,13,14);1-2H3. The van der Waals surface area contributed by atoms with E-state index < -0.39 is 5.97 Å². The average Bonchev–Trinajstić information content (AvgIpc) is 2.31. The summed E-state index contributed by atoms with van der Waals surface area (Å²) in [7, 11) is 0. The van der Waals surface area contributed by atoms with Crippen molar-refractivity contribution in [2.45, 2.75) is 13.8 Å². The van der Waals surface area contributed by atoms with Crippen molar-refractivity contribution in [3.05, 3.63) is 42.0 Å². The Labute approximate surface area is 94.0 Å².